The average Bonchev–Trinajstić information content (AvgIpc) is 2.78. The topological polar surface area (TPSA) is 84.0 Å². The first-order valence-corrected chi connectivity index (χ1v) is 5.97. The number of thiazole rings is 1. The van der Waals surface area contributed by atoms with Crippen molar-refractivity contribution in [3.63, 3.8) is 0 Å². The third-order valence-corrected chi connectivity index (χ3v) is 2.70. The quantitative estimate of drug-likeness (QED) is 0.882. The predicted molar refractivity (Wildman–Crippen MR) is 68.6 cm³/mol. The Kier molecular flexibility index (Phi) is 3.63. The van der Waals surface area contributed by atoms with Gasteiger partial charge in [-0.1, -0.05) is 0 Å². The van der Waals surface area contributed by atoms with Gasteiger partial charge in [-0.25, -0.2) is 4.98 Å². The van der Waals surface area contributed by atoms with Crippen molar-refractivity contribution in [1.82, 2.24) is 9.97 Å². The van der Waals surface area contributed by atoms with E-state index in [0.29, 0.717) is 10.8 Å². The standard InChI is InChI=1S/C11H10N4O2S/c1-7(16)13-11-15-9(6-18-11)10(17)14-8-3-2-4-12-5-8/h2-6H,1H3,(H,14,17)(H,13,15,16). The molecule has 0 aliphatic heterocycles. The molecule has 0 aliphatic rings. The zero-order valence-corrected chi connectivity index (χ0v) is 10.3. The van der Waals surface area contributed by atoms with E-state index in [9.17, 15) is 9.59 Å². The van der Waals surface area contributed by atoms with E-state index in [-0.39, 0.29) is 17.5 Å². The lowest BCUT2D eigenvalue weighted by atomic mass is 10.4. The molecule has 0 atom stereocenters. The lowest BCUT2D eigenvalue weighted by Crippen LogP contribution is -2.13. The first-order chi connectivity index (χ1) is 8.65. The van der Waals surface area contributed by atoms with Crippen LogP contribution in [0.25, 0.3) is 0 Å². The highest BCUT2D eigenvalue weighted by atomic mass is 32.1. The van der Waals surface area contributed by atoms with Crippen LogP contribution in [0.1, 0.15) is 17.4 Å². The summed E-state index contributed by atoms with van der Waals surface area (Å²) in [7, 11) is 0. The molecule has 2 rings (SSSR count). The molecule has 0 saturated carbocycles. The van der Waals surface area contributed by atoms with Gasteiger partial charge in [-0.2, -0.15) is 0 Å². The molecular formula is C11H10N4O2S. The van der Waals surface area contributed by atoms with E-state index in [2.05, 4.69) is 20.6 Å². The van der Waals surface area contributed by atoms with Crippen LogP contribution >= 0.6 is 11.3 Å². The van der Waals surface area contributed by atoms with Crippen molar-refractivity contribution in [3.05, 3.63) is 35.6 Å². The van der Waals surface area contributed by atoms with Crippen LogP contribution in [0.2, 0.25) is 0 Å². The minimum atomic E-state index is -0.337. The van der Waals surface area contributed by atoms with Crippen molar-refractivity contribution in [1.29, 1.82) is 0 Å². The summed E-state index contributed by atoms with van der Waals surface area (Å²) in [5.74, 6) is -0.556. The van der Waals surface area contributed by atoms with Crippen molar-refractivity contribution in [2.24, 2.45) is 0 Å². The second-order valence-corrected chi connectivity index (χ2v) is 4.27. The maximum absolute atomic E-state index is 11.8. The summed E-state index contributed by atoms with van der Waals surface area (Å²) in [5.41, 5.74) is 0.851. The van der Waals surface area contributed by atoms with Crippen LogP contribution in [0.3, 0.4) is 0 Å². The summed E-state index contributed by atoms with van der Waals surface area (Å²) in [4.78, 5) is 30.5. The molecule has 2 aromatic rings. The Bertz CT molecular complexity index is 567. The molecule has 2 amide bonds. The normalized spacial score (nSPS) is 9.83. The fraction of sp³-hybridized carbons (Fsp3) is 0.0909. The van der Waals surface area contributed by atoms with Gasteiger partial charge in [0.2, 0.25) is 5.91 Å². The largest absolute Gasteiger partial charge is 0.319 e. The highest BCUT2D eigenvalue weighted by molar-refractivity contribution is 7.14. The minimum absolute atomic E-state index is 0.219. The molecule has 0 aromatic carbocycles. The van der Waals surface area contributed by atoms with Crippen LogP contribution in [0.4, 0.5) is 10.8 Å². The molecule has 92 valence electrons. The van der Waals surface area contributed by atoms with Crippen LogP contribution in [-0.2, 0) is 4.79 Å². The number of nitrogens with zero attached hydrogens (tertiary/aromatic N) is 2. The SMILES string of the molecule is CC(=O)Nc1nc(C(=O)Nc2cccnc2)cs1. The average molecular weight is 262 g/mol. The second-order valence-electron chi connectivity index (χ2n) is 3.41. The molecule has 18 heavy (non-hydrogen) atoms. The number of hydrogen-bond donors (Lipinski definition) is 2. The molecule has 6 nitrogen and oxygen atoms in total. The number of aromatic nitrogens is 2. The summed E-state index contributed by atoms with van der Waals surface area (Å²) in [5, 5.41) is 7.16. The number of hydrogen-bond acceptors (Lipinski definition) is 5. The Morgan fingerprint density at radius 1 is 1.33 bits per heavy atom. The van der Waals surface area contributed by atoms with Gasteiger partial charge in [0.15, 0.2) is 5.13 Å². The monoisotopic (exact) mass is 262 g/mol. The Labute approximate surface area is 107 Å². The zero-order chi connectivity index (χ0) is 13.0. The van der Waals surface area contributed by atoms with E-state index in [4.69, 9.17) is 0 Å². The van der Waals surface area contributed by atoms with Gasteiger partial charge >= 0.3 is 0 Å². The number of anilines is 2. The van der Waals surface area contributed by atoms with Crippen molar-refractivity contribution in [3.8, 4) is 0 Å². The van der Waals surface area contributed by atoms with Gasteiger partial charge in [0, 0.05) is 18.5 Å². The Hall–Kier alpha value is -2.28. The van der Waals surface area contributed by atoms with Crippen molar-refractivity contribution in [2.45, 2.75) is 6.92 Å². The maximum Gasteiger partial charge on any atom is 0.275 e. The summed E-state index contributed by atoms with van der Waals surface area (Å²) >= 11 is 1.20. The molecular weight excluding hydrogens is 252 g/mol. The van der Waals surface area contributed by atoms with Crippen LogP contribution in [0, 0.1) is 0 Å². The third kappa shape index (κ3) is 3.11. The molecule has 2 heterocycles. The fourth-order valence-electron chi connectivity index (χ4n) is 1.22. The molecule has 0 radical (unpaired) electrons. The lowest BCUT2D eigenvalue weighted by molar-refractivity contribution is -0.114. The van der Waals surface area contributed by atoms with Gasteiger partial charge in [-0.05, 0) is 12.1 Å². The second kappa shape index (κ2) is 5.37. The number of amides is 2. The van der Waals surface area contributed by atoms with Crippen LogP contribution in [0.15, 0.2) is 29.9 Å². The van der Waals surface area contributed by atoms with E-state index >= 15 is 0 Å². The minimum Gasteiger partial charge on any atom is -0.319 e. The van der Waals surface area contributed by atoms with E-state index in [0.717, 1.165) is 0 Å². The number of carbonyl (C=O) groups is 2. The van der Waals surface area contributed by atoms with Gasteiger partial charge < -0.3 is 10.6 Å². The van der Waals surface area contributed by atoms with E-state index in [1.807, 2.05) is 0 Å². The summed E-state index contributed by atoms with van der Waals surface area (Å²) < 4.78 is 0. The van der Waals surface area contributed by atoms with E-state index < -0.39 is 0 Å². The number of carbonyl (C=O) groups excluding carboxylic acids is 2. The van der Waals surface area contributed by atoms with Gasteiger partial charge in [0.05, 0.1) is 11.9 Å². The molecule has 0 unspecified atom stereocenters. The first-order valence-electron chi connectivity index (χ1n) is 5.09. The number of rotatable bonds is 3. The molecule has 0 bridgehead atoms. The highest BCUT2D eigenvalue weighted by Crippen LogP contribution is 2.16. The third-order valence-electron chi connectivity index (χ3n) is 1.94. The Balaban J connectivity index is 2.05. The van der Waals surface area contributed by atoms with Crippen molar-refractivity contribution < 1.29 is 9.59 Å². The van der Waals surface area contributed by atoms with Crippen LogP contribution in [-0.4, -0.2) is 21.8 Å². The molecule has 0 saturated heterocycles. The Morgan fingerprint density at radius 2 is 2.17 bits per heavy atom. The molecule has 7 heteroatoms. The van der Waals surface area contributed by atoms with Gasteiger partial charge in [-0.3, -0.25) is 14.6 Å². The molecule has 0 spiro atoms. The number of pyridine rings is 1. The predicted octanol–water partition coefficient (Wildman–Crippen LogP) is 1.75. The van der Waals surface area contributed by atoms with Gasteiger partial charge in [0.25, 0.3) is 5.91 Å². The highest BCUT2D eigenvalue weighted by Gasteiger charge is 2.11. The zero-order valence-electron chi connectivity index (χ0n) is 9.51. The summed E-state index contributed by atoms with van der Waals surface area (Å²) in [6.45, 7) is 1.39. The van der Waals surface area contributed by atoms with E-state index in [1.165, 1.54) is 18.3 Å². The fourth-order valence-corrected chi connectivity index (χ4v) is 1.95. The lowest BCUT2D eigenvalue weighted by Gasteiger charge is -2.01. The molecule has 0 fully saturated rings. The first kappa shape index (κ1) is 12.2. The van der Waals surface area contributed by atoms with Crippen molar-refractivity contribution in [2.75, 3.05) is 10.6 Å². The van der Waals surface area contributed by atoms with Gasteiger partial charge in [-0.15, -0.1) is 11.3 Å². The van der Waals surface area contributed by atoms with Crippen molar-refractivity contribution >= 4 is 34.0 Å². The molecule has 0 aliphatic carbocycles. The summed E-state index contributed by atoms with van der Waals surface area (Å²) in [6, 6.07) is 3.45. The molecule has 2 aromatic heterocycles. The molecule has 2 N–H and O–H groups in total. The van der Waals surface area contributed by atoms with Gasteiger partial charge in [0.1, 0.15) is 5.69 Å². The maximum atomic E-state index is 11.8. The number of nitrogens with one attached hydrogen (secondary N) is 2. The van der Waals surface area contributed by atoms with Crippen LogP contribution in [0.5, 0.6) is 0 Å². The smallest absolute Gasteiger partial charge is 0.275 e. The Morgan fingerprint density at radius 3 is 2.83 bits per heavy atom. The van der Waals surface area contributed by atoms with E-state index in [1.54, 1.807) is 29.9 Å². The van der Waals surface area contributed by atoms with Crippen LogP contribution < -0.4 is 10.6 Å². The summed E-state index contributed by atoms with van der Waals surface area (Å²) in [6.07, 6.45) is 3.16.